The summed E-state index contributed by atoms with van der Waals surface area (Å²) in [7, 11) is -7.42. The number of hydrogen-bond acceptors (Lipinski definition) is 3. The topological polar surface area (TPSA) is 57.2 Å². The molecule has 3 nitrogen and oxygen atoms in total. The Bertz CT molecular complexity index is 499. The minimum absolute atomic E-state index is 1.36. The van der Waals surface area contributed by atoms with Gasteiger partial charge in [-0.15, -0.1) is 0 Å². The van der Waals surface area contributed by atoms with Gasteiger partial charge in [-0.05, 0) is 24.6 Å². The van der Waals surface area contributed by atoms with Crippen LogP contribution < -0.4 is 0 Å². The summed E-state index contributed by atoms with van der Waals surface area (Å²) in [6.07, 6.45) is -1.60. The maximum absolute atomic E-state index is 12.2. The summed E-state index contributed by atoms with van der Waals surface area (Å²) in [6.45, 7) is 4.52. The molecule has 0 aliphatic heterocycles. The Labute approximate surface area is 149 Å². The van der Waals surface area contributed by atoms with Crippen LogP contribution in [0, 0.1) is 0 Å². The molecule has 0 bridgehead atoms. The van der Waals surface area contributed by atoms with Gasteiger partial charge in [0.2, 0.25) is 0 Å². The second-order valence-corrected chi connectivity index (χ2v) is 7.76. The molecule has 26 heavy (non-hydrogen) atoms. The molecule has 0 saturated heterocycles. The Hall–Kier alpha value is -0.370. The average Bonchev–Trinajstić information content (AvgIpc) is 2.45. The molecule has 0 aliphatic carbocycles. The van der Waals surface area contributed by atoms with Gasteiger partial charge in [-0.1, -0.05) is 26.7 Å². The van der Waals surface area contributed by atoms with Crippen LogP contribution in [0.4, 0.5) is 39.5 Å². The van der Waals surface area contributed by atoms with E-state index in [0.29, 0.717) is 0 Å². The molecule has 0 aromatic rings. The second-order valence-electron chi connectivity index (χ2n) is 5.00. The largest absolute Gasteiger partial charge is 0.743 e. The predicted octanol–water partition coefficient (Wildman–Crippen LogP) is 4.36. The highest BCUT2D eigenvalue weighted by Crippen LogP contribution is 2.54. The van der Waals surface area contributed by atoms with Gasteiger partial charge in [0.15, 0.2) is 10.1 Å². The van der Waals surface area contributed by atoms with E-state index >= 15 is 0 Å². The van der Waals surface area contributed by atoms with Gasteiger partial charge >= 0.3 is 23.3 Å². The number of alkyl halides is 9. The molecule has 0 N–H and O–H groups in total. The van der Waals surface area contributed by atoms with Crippen molar-refractivity contribution in [3.63, 3.8) is 0 Å². The molecule has 14 heteroatoms. The minimum Gasteiger partial charge on any atom is -0.743 e. The van der Waals surface area contributed by atoms with E-state index < -0.39 is 33.4 Å². The minimum atomic E-state index is -7.43. The number of hydrogen-bond donors (Lipinski definition) is 0. The van der Waals surface area contributed by atoms with Crippen LogP contribution in [-0.2, 0) is 21.9 Å². The molecule has 0 fully saturated rings. The molecule has 0 amide bonds. The third-order valence-corrected chi connectivity index (χ3v) is 4.92. The lowest BCUT2D eigenvalue weighted by Gasteiger charge is -2.34. The number of unbranched alkanes of at least 4 members (excludes halogenated alkanes) is 2. The number of rotatable bonds is 9. The van der Waals surface area contributed by atoms with E-state index in [-0.39, 0.29) is 0 Å². The van der Waals surface area contributed by atoms with E-state index in [4.69, 9.17) is 0 Å². The highest BCUT2D eigenvalue weighted by molar-refractivity contribution is 7.86. The quantitative estimate of drug-likeness (QED) is 0.174. The average molecular weight is 446 g/mol. The van der Waals surface area contributed by atoms with Gasteiger partial charge in [0, 0.05) is 0 Å². The van der Waals surface area contributed by atoms with Crippen LogP contribution in [0.1, 0.15) is 39.5 Å². The lowest BCUT2D eigenvalue weighted by molar-refractivity contribution is -0.382. The van der Waals surface area contributed by atoms with Crippen LogP contribution in [-0.4, -0.2) is 47.8 Å². The molecule has 160 valence electrons. The van der Waals surface area contributed by atoms with E-state index in [1.165, 1.54) is 37.2 Å². The van der Waals surface area contributed by atoms with E-state index in [0.717, 1.165) is 0 Å². The molecule has 0 unspecified atom stereocenters. The first kappa shape index (κ1) is 27.8. The highest BCUT2D eigenvalue weighted by atomic mass is 32.2. The van der Waals surface area contributed by atoms with Crippen molar-refractivity contribution in [3.8, 4) is 0 Å². The van der Waals surface area contributed by atoms with E-state index in [1.54, 1.807) is 11.8 Å². The number of thiol groups is 1. The summed E-state index contributed by atoms with van der Waals surface area (Å²) >= 11 is 1.67. The molecule has 0 saturated carbocycles. The molecule has 0 spiro atoms. The zero-order valence-electron chi connectivity index (χ0n) is 13.7. The van der Waals surface area contributed by atoms with Crippen LogP contribution in [0.5, 0.6) is 0 Å². The molecule has 0 aromatic heterocycles. The zero-order valence-corrected chi connectivity index (χ0v) is 15.4. The van der Waals surface area contributed by atoms with Crippen LogP contribution in [0.25, 0.3) is 0 Å². The predicted molar refractivity (Wildman–Crippen MR) is 78.9 cm³/mol. The smallest absolute Gasteiger partial charge is 0.460 e. The lowest BCUT2D eigenvalue weighted by Crippen LogP contribution is -2.63. The van der Waals surface area contributed by atoms with E-state index in [9.17, 15) is 52.5 Å². The summed E-state index contributed by atoms with van der Waals surface area (Å²) in [6, 6.07) is 0. The Balaban J connectivity index is 0. The third-order valence-electron chi connectivity index (χ3n) is 2.77. The fraction of sp³-hybridized carbons (Fsp3) is 1.00. The van der Waals surface area contributed by atoms with Crippen molar-refractivity contribution >= 4 is 21.9 Å². The maximum Gasteiger partial charge on any atom is 0.460 e. The third kappa shape index (κ3) is 6.98. The normalized spacial score (nSPS) is 14.0. The van der Waals surface area contributed by atoms with Gasteiger partial charge in [0.1, 0.15) is 11.5 Å². The fourth-order valence-electron chi connectivity index (χ4n) is 1.17. The summed E-state index contributed by atoms with van der Waals surface area (Å²) < 4.78 is 135. The van der Waals surface area contributed by atoms with Crippen molar-refractivity contribution < 1.29 is 52.5 Å². The molecule has 0 aromatic carbocycles. The molecule has 0 heterocycles. The van der Waals surface area contributed by atoms with Gasteiger partial charge in [0.25, 0.3) is 0 Å². The Kier molecular flexibility index (Phi) is 11.0. The van der Waals surface area contributed by atoms with Gasteiger partial charge < -0.3 is 4.55 Å². The van der Waals surface area contributed by atoms with Crippen LogP contribution >= 0.6 is 0 Å². The molecule has 0 aliphatic rings. The Morgan fingerprint density at radius 2 is 1.12 bits per heavy atom. The first-order valence-corrected chi connectivity index (χ1v) is 9.87. The molecular formula is C12H19F9O3S2. The Morgan fingerprint density at radius 1 is 0.769 bits per heavy atom. The first-order valence-electron chi connectivity index (χ1n) is 7.20. The second kappa shape index (κ2) is 10.2. The molecule has 0 rings (SSSR count). The fourth-order valence-corrected chi connectivity index (χ4v) is 2.91. The zero-order chi connectivity index (χ0) is 21.4. The van der Waals surface area contributed by atoms with Crippen molar-refractivity contribution in [2.45, 2.75) is 62.8 Å². The molecular weight excluding hydrogens is 427 g/mol. The standard InChI is InChI=1S/C8H18S.C4HF9O3S/c1-3-5-7-9-8-6-4-2;5-1(6,3(9,10)11)2(7,8)4(12,13)17(14,15)16/h3-8H2,1-2H3;(H,14,15,16). The summed E-state index contributed by atoms with van der Waals surface area (Å²) in [5, 5.41) is -7.11. The van der Waals surface area contributed by atoms with Gasteiger partial charge in [-0.25, -0.2) is 8.42 Å². The van der Waals surface area contributed by atoms with Crippen LogP contribution in [0.2, 0.25) is 0 Å². The van der Waals surface area contributed by atoms with E-state index in [1.807, 2.05) is 0 Å². The van der Waals surface area contributed by atoms with E-state index in [2.05, 4.69) is 13.8 Å². The molecule has 0 atom stereocenters. The summed E-state index contributed by atoms with van der Waals surface area (Å²) in [5.74, 6) is -12.0. The summed E-state index contributed by atoms with van der Waals surface area (Å²) in [5.41, 5.74) is 0. The van der Waals surface area contributed by atoms with Crippen LogP contribution in [0.3, 0.4) is 0 Å². The summed E-state index contributed by atoms with van der Waals surface area (Å²) in [4.78, 5) is 0. The maximum atomic E-state index is 12.2. The number of halogens is 9. The van der Waals surface area contributed by atoms with Crippen molar-refractivity contribution in [1.29, 1.82) is 0 Å². The highest BCUT2D eigenvalue weighted by Gasteiger charge is 2.83. The first-order chi connectivity index (χ1) is 11.4. The van der Waals surface area contributed by atoms with Crippen molar-refractivity contribution in [3.05, 3.63) is 0 Å². The lowest BCUT2D eigenvalue weighted by atomic mass is 10.1. The van der Waals surface area contributed by atoms with Crippen molar-refractivity contribution in [2.24, 2.45) is 0 Å². The molecule has 0 radical (unpaired) electrons. The monoisotopic (exact) mass is 446 g/mol. The van der Waals surface area contributed by atoms with Crippen molar-refractivity contribution in [1.82, 2.24) is 0 Å². The van der Waals surface area contributed by atoms with Gasteiger partial charge in [-0.2, -0.15) is 39.5 Å². The van der Waals surface area contributed by atoms with Gasteiger partial charge in [-0.3, -0.25) is 0 Å². The van der Waals surface area contributed by atoms with Crippen LogP contribution in [0.15, 0.2) is 0 Å². The SMILES string of the molecule is CCCC[SH+]CCCC.O=S(=O)([O-])C(F)(F)C(F)(F)C(F)(F)C(F)(F)F. The Morgan fingerprint density at radius 3 is 1.35 bits per heavy atom. The van der Waals surface area contributed by atoms with Gasteiger partial charge in [0.05, 0.1) is 0 Å². The van der Waals surface area contributed by atoms with Crippen molar-refractivity contribution in [2.75, 3.05) is 11.5 Å².